The summed E-state index contributed by atoms with van der Waals surface area (Å²) < 4.78 is 2.29. The fourth-order valence-corrected chi connectivity index (χ4v) is 4.12. The van der Waals surface area contributed by atoms with Gasteiger partial charge in [-0.15, -0.1) is 0 Å². The monoisotopic (exact) mass is 337 g/mol. The number of rotatable bonds is 3. The van der Waals surface area contributed by atoms with Crippen LogP contribution in [0.3, 0.4) is 0 Å². The molecule has 0 fully saturated rings. The first-order valence-corrected chi connectivity index (χ1v) is 8.90. The molecule has 1 aliphatic heterocycles. The Kier molecular flexibility index (Phi) is 3.29. The molecule has 0 saturated carbocycles. The number of aromatic nitrogens is 3. The molecule has 1 unspecified atom stereocenters. The molecule has 3 heterocycles. The smallest absolute Gasteiger partial charge is 0.141 e. The summed E-state index contributed by atoms with van der Waals surface area (Å²) in [5.41, 5.74) is 5.58. The van der Waals surface area contributed by atoms with Crippen LogP contribution in [0.25, 0.3) is 11.4 Å². The van der Waals surface area contributed by atoms with E-state index in [0.29, 0.717) is 0 Å². The van der Waals surface area contributed by atoms with Crippen molar-refractivity contribution in [1.82, 2.24) is 14.5 Å². The molecule has 0 aliphatic carbocycles. The van der Waals surface area contributed by atoms with Gasteiger partial charge in [-0.1, -0.05) is 60.7 Å². The number of aryl methyl sites for hydroxylation is 1. The van der Waals surface area contributed by atoms with Gasteiger partial charge in [0.05, 0.1) is 5.69 Å². The summed E-state index contributed by atoms with van der Waals surface area (Å²) in [4.78, 5) is 9.51. The molecule has 0 N–H and O–H groups in total. The third-order valence-electron chi connectivity index (χ3n) is 5.30. The van der Waals surface area contributed by atoms with Crippen LogP contribution in [0.1, 0.15) is 22.4 Å². The summed E-state index contributed by atoms with van der Waals surface area (Å²) in [7, 11) is 0. The number of imidazole rings is 1. The van der Waals surface area contributed by atoms with Crippen LogP contribution < -0.4 is 0 Å². The first-order chi connectivity index (χ1) is 12.8. The molecule has 0 spiro atoms. The average Bonchev–Trinajstić information content (AvgIpc) is 3.26. The van der Waals surface area contributed by atoms with Gasteiger partial charge in [0.15, 0.2) is 0 Å². The van der Waals surface area contributed by atoms with Gasteiger partial charge in [-0.25, -0.2) is 4.98 Å². The summed E-state index contributed by atoms with van der Waals surface area (Å²) >= 11 is 0. The lowest BCUT2D eigenvalue weighted by molar-refractivity contribution is 0.437. The summed E-state index contributed by atoms with van der Waals surface area (Å²) in [6.45, 7) is 2.08. The number of hydrogen-bond donors (Lipinski definition) is 0. The molecule has 1 atom stereocenters. The van der Waals surface area contributed by atoms with Crippen molar-refractivity contribution in [3.8, 4) is 11.4 Å². The quantitative estimate of drug-likeness (QED) is 0.547. The van der Waals surface area contributed by atoms with Gasteiger partial charge in [-0.3, -0.25) is 4.98 Å². The van der Waals surface area contributed by atoms with E-state index in [0.717, 1.165) is 17.9 Å². The topological polar surface area (TPSA) is 30.7 Å². The minimum absolute atomic E-state index is 0.377. The normalized spacial score (nSPS) is 17.7. The van der Waals surface area contributed by atoms with E-state index in [9.17, 15) is 0 Å². The fourth-order valence-electron chi connectivity index (χ4n) is 4.12. The molecule has 2 aromatic carbocycles. The van der Waals surface area contributed by atoms with Crippen molar-refractivity contribution in [3.63, 3.8) is 0 Å². The van der Waals surface area contributed by atoms with Crippen molar-refractivity contribution in [2.24, 2.45) is 0 Å². The Balaban J connectivity index is 1.82. The van der Waals surface area contributed by atoms with Crippen LogP contribution in [0, 0.1) is 6.92 Å². The largest absolute Gasteiger partial charge is 0.315 e. The van der Waals surface area contributed by atoms with Gasteiger partial charge in [0, 0.05) is 30.6 Å². The maximum absolute atomic E-state index is 4.86. The molecule has 3 heteroatoms. The van der Waals surface area contributed by atoms with Gasteiger partial charge >= 0.3 is 0 Å². The second kappa shape index (κ2) is 5.67. The van der Waals surface area contributed by atoms with Crippen molar-refractivity contribution in [2.45, 2.75) is 18.9 Å². The SMILES string of the molecule is Cc1ccc(C2(Cc3ccccc3)c3ccccc3-c3nccn32)nc1. The van der Waals surface area contributed by atoms with Crippen LogP contribution in [0.5, 0.6) is 0 Å². The lowest BCUT2D eigenvalue weighted by atomic mass is 9.80. The van der Waals surface area contributed by atoms with Crippen LogP contribution in [0.2, 0.25) is 0 Å². The Morgan fingerprint density at radius 3 is 2.50 bits per heavy atom. The van der Waals surface area contributed by atoms with Gasteiger partial charge in [0.2, 0.25) is 0 Å². The molecule has 0 saturated heterocycles. The van der Waals surface area contributed by atoms with Crippen molar-refractivity contribution in [1.29, 1.82) is 0 Å². The Hall–Kier alpha value is -3.20. The van der Waals surface area contributed by atoms with Crippen LogP contribution in [0.15, 0.2) is 85.3 Å². The summed E-state index contributed by atoms with van der Waals surface area (Å²) in [5.74, 6) is 1.01. The summed E-state index contributed by atoms with van der Waals surface area (Å²) in [6, 6.07) is 23.5. The van der Waals surface area contributed by atoms with E-state index in [1.54, 1.807) is 0 Å². The van der Waals surface area contributed by atoms with Gasteiger partial charge < -0.3 is 4.57 Å². The molecular weight excluding hydrogens is 318 g/mol. The summed E-state index contributed by atoms with van der Waals surface area (Å²) in [5, 5.41) is 0. The maximum Gasteiger partial charge on any atom is 0.141 e. The molecule has 1 aliphatic rings. The van der Waals surface area contributed by atoms with Crippen LogP contribution in [-0.2, 0) is 12.0 Å². The predicted molar refractivity (Wildman–Crippen MR) is 103 cm³/mol. The Labute approximate surface area is 153 Å². The van der Waals surface area contributed by atoms with Gasteiger partial charge in [0.25, 0.3) is 0 Å². The highest BCUT2D eigenvalue weighted by Crippen LogP contribution is 2.48. The Morgan fingerprint density at radius 1 is 0.885 bits per heavy atom. The Morgan fingerprint density at radius 2 is 1.69 bits per heavy atom. The second-order valence-electron chi connectivity index (χ2n) is 6.91. The number of nitrogens with zero attached hydrogens (tertiary/aromatic N) is 3. The highest BCUT2D eigenvalue weighted by atomic mass is 15.2. The molecule has 26 heavy (non-hydrogen) atoms. The first-order valence-electron chi connectivity index (χ1n) is 8.90. The lowest BCUT2D eigenvalue weighted by Gasteiger charge is -2.32. The standard InChI is InChI=1S/C23H19N3/c1-17-11-12-21(25-16-17)23(15-18-7-3-2-4-8-18)20-10-6-5-9-19(20)22-24-13-14-26(22)23/h2-14,16H,15H2,1H3. The molecule has 3 nitrogen and oxygen atoms in total. The fraction of sp³-hybridized carbons (Fsp3) is 0.130. The van der Waals surface area contributed by atoms with Crippen LogP contribution in [0.4, 0.5) is 0 Å². The zero-order valence-corrected chi connectivity index (χ0v) is 14.6. The van der Waals surface area contributed by atoms with Crippen LogP contribution in [-0.4, -0.2) is 14.5 Å². The number of fused-ring (bicyclic) bond motifs is 3. The van der Waals surface area contributed by atoms with Gasteiger partial charge in [0.1, 0.15) is 11.4 Å². The predicted octanol–water partition coefficient (Wildman–Crippen LogP) is 4.60. The minimum Gasteiger partial charge on any atom is -0.315 e. The zero-order valence-electron chi connectivity index (χ0n) is 14.6. The maximum atomic E-state index is 4.86. The number of benzene rings is 2. The third-order valence-corrected chi connectivity index (χ3v) is 5.30. The minimum atomic E-state index is -0.377. The summed E-state index contributed by atoms with van der Waals surface area (Å²) in [6.07, 6.45) is 6.77. The second-order valence-corrected chi connectivity index (χ2v) is 6.91. The van der Waals surface area contributed by atoms with Crippen molar-refractivity contribution in [3.05, 3.63) is 108 Å². The average molecular weight is 337 g/mol. The molecular formula is C23H19N3. The molecule has 5 rings (SSSR count). The molecule has 2 aromatic heterocycles. The molecule has 0 bridgehead atoms. The lowest BCUT2D eigenvalue weighted by Crippen LogP contribution is -2.36. The van der Waals surface area contributed by atoms with E-state index >= 15 is 0 Å². The van der Waals surface area contributed by atoms with Crippen molar-refractivity contribution >= 4 is 0 Å². The van der Waals surface area contributed by atoms with E-state index in [1.165, 1.54) is 22.3 Å². The van der Waals surface area contributed by atoms with E-state index < -0.39 is 0 Å². The molecule has 0 radical (unpaired) electrons. The first kappa shape index (κ1) is 15.1. The van der Waals surface area contributed by atoms with Gasteiger partial charge in [-0.2, -0.15) is 0 Å². The van der Waals surface area contributed by atoms with E-state index in [2.05, 4.69) is 89.4 Å². The molecule has 4 aromatic rings. The highest BCUT2D eigenvalue weighted by molar-refractivity contribution is 5.70. The van der Waals surface area contributed by atoms with Crippen molar-refractivity contribution < 1.29 is 0 Å². The molecule has 0 amide bonds. The highest BCUT2D eigenvalue weighted by Gasteiger charge is 2.45. The van der Waals surface area contributed by atoms with Gasteiger partial charge in [-0.05, 0) is 29.7 Å². The van der Waals surface area contributed by atoms with E-state index in [-0.39, 0.29) is 5.54 Å². The zero-order chi connectivity index (χ0) is 17.6. The Bertz CT molecular complexity index is 1060. The van der Waals surface area contributed by atoms with E-state index in [4.69, 9.17) is 4.98 Å². The van der Waals surface area contributed by atoms with Crippen molar-refractivity contribution in [2.75, 3.05) is 0 Å². The molecule has 126 valence electrons. The third kappa shape index (κ3) is 2.07. The number of hydrogen-bond acceptors (Lipinski definition) is 2. The van der Waals surface area contributed by atoms with E-state index in [1.807, 2.05) is 12.4 Å². The number of pyridine rings is 1. The van der Waals surface area contributed by atoms with Crippen LogP contribution >= 0.6 is 0 Å².